The summed E-state index contributed by atoms with van der Waals surface area (Å²) < 4.78 is 5.76. The van der Waals surface area contributed by atoms with E-state index in [1.54, 1.807) is 0 Å². The van der Waals surface area contributed by atoms with Crippen molar-refractivity contribution in [3.05, 3.63) is 0 Å². The molecule has 122 valence electrons. The van der Waals surface area contributed by atoms with Crippen molar-refractivity contribution in [2.45, 2.75) is 64.1 Å². The molecule has 0 aromatic heterocycles. The molecule has 1 saturated heterocycles. The van der Waals surface area contributed by atoms with Gasteiger partial charge in [0.2, 0.25) is 5.91 Å². The van der Waals surface area contributed by atoms with Crippen molar-refractivity contribution in [1.29, 1.82) is 5.26 Å². The molecule has 0 aromatic carbocycles. The number of piperidine rings is 1. The normalized spacial score (nSPS) is 32.5. The average molecular weight is 306 g/mol. The second-order valence-corrected chi connectivity index (χ2v) is 7.12. The van der Waals surface area contributed by atoms with E-state index in [2.05, 4.69) is 6.07 Å². The lowest BCUT2D eigenvalue weighted by atomic mass is 9.58. The zero-order valence-electron chi connectivity index (χ0n) is 13.4. The Bertz CT molecular complexity index is 469. The van der Waals surface area contributed by atoms with Crippen molar-refractivity contribution in [3.8, 4) is 6.07 Å². The van der Waals surface area contributed by atoms with Crippen molar-refractivity contribution < 1.29 is 14.6 Å². The highest BCUT2D eigenvalue weighted by Gasteiger charge is 2.57. The predicted molar refractivity (Wildman–Crippen MR) is 80.8 cm³/mol. The topological polar surface area (TPSA) is 73.6 Å². The maximum atomic E-state index is 12.8. The van der Waals surface area contributed by atoms with Gasteiger partial charge in [-0.15, -0.1) is 0 Å². The number of aliphatic hydroxyl groups excluding tert-OH is 1. The van der Waals surface area contributed by atoms with Gasteiger partial charge in [0.1, 0.15) is 5.41 Å². The quantitative estimate of drug-likeness (QED) is 0.863. The molecule has 3 aliphatic rings. The van der Waals surface area contributed by atoms with E-state index in [4.69, 9.17) is 4.74 Å². The lowest BCUT2D eigenvalue weighted by molar-refractivity contribution is -0.210. The summed E-state index contributed by atoms with van der Waals surface area (Å²) in [5.74, 6) is 0.0177. The molecule has 2 saturated carbocycles. The van der Waals surface area contributed by atoms with Gasteiger partial charge in [-0.3, -0.25) is 4.79 Å². The average Bonchev–Trinajstić information content (AvgIpc) is 3.04. The summed E-state index contributed by atoms with van der Waals surface area (Å²) in [7, 11) is 0. The van der Waals surface area contributed by atoms with Gasteiger partial charge in [0.05, 0.1) is 18.3 Å². The van der Waals surface area contributed by atoms with Gasteiger partial charge in [-0.05, 0) is 32.6 Å². The van der Waals surface area contributed by atoms with Crippen LogP contribution in [0.5, 0.6) is 0 Å². The summed E-state index contributed by atoms with van der Waals surface area (Å²) in [6.07, 6.45) is 5.45. The summed E-state index contributed by atoms with van der Waals surface area (Å²) in [5, 5.41) is 19.7. The van der Waals surface area contributed by atoms with Gasteiger partial charge < -0.3 is 14.7 Å². The smallest absolute Gasteiger partial charge is 0.243 e. The zero-order valence-corrected chi connectivity index (χ0v) is 13.4. The molecule has 0 aromatic rings. The van der Waals surface area contributed by atoms with E-state index >= 15 is 0 Å². The summed E-state index contributed by atoms with van der Waals surface area (Å²) >= 11 is 0. The minimum absolute atomic E-state index is 0.0177. The summed E-state index contributed by atoms with van der Waals surface area (Å²) in [6.45, 7) is 3.93. The van der Waals surface area contributed by atoms with Crippen LogP contribution in [0.25, 0.3) is 0 Å². The number of carbonyl (C=O) groups excluding carboxylic acids is 1. The first-order valence-electron chi connectivity index (χ1n) is 8.58. The van der Waals surface area contributed by atoms with Crippen LogP contribution < -0.4 is 0 Å². The molecular weight excluding hydrogens is 280 g/mol. The minimum atomic E-state index is -0.776. The van der Waals surface area contributed by atoms with Gasteiger partial charge in [0.15, 0.2) is 0 Å². The minimum Gasteiger partial charge on any atom is -0.392 e. The lowest BCUT2D eigenvalue weighted by Gasteiger charge is -2.56. The van der Waals surface area contributed by atoms with E-state index in [1.807, 2.05) is 11.8 Å². The van der Waals surface area contributed by atoms with Gasteiger partial charge >= 0.3 is 0 Å². The number of likely N-dealkylation sites (tertiary alicyclic amines) is 1. The van der Waals surface area contributed by atoms with Crippen molar-refractivity contribution in [1.82, 2.24) is 4.90 Å². The number of rotatable bonds is 3. The first-order valence-corrected chi connectivity index (χ1v) is 8.58. The Morgan fingerprint density at radius 1 is 1.32 bits per heavy atom. The molecule has 0 unspecified atom stereocenters. The van der Waals surface area contributed by atoms with E-state index in [9.17, 15) is 15.2 Å². The van der Waals surface area contributed by atoms with Crippen LogP contribution >= 0.6 is 0 Å². The van der Waals surface area contributed by atoms with E-state index in [0.29, 0.717) is 39.0 Å². The highest BCUT2D eigenvalue weighted by atomic mass is 16.5. The molecule has 1 aliphatic heterocycles. The summed E-state index contributed by atoms with van der Waals surface area (Å²) in [5.41, 5.74) is -0.940. The highest BCUT2D eigenvalue weighted by Crippen LogP contribution is 2.51. The van der Waals surface area contributed by atoms with Gasteiger partial charge in [0, 0.05) is 31.5 Å². The van der Waals surface area contributed by atoms with E-state index in [0.717, 1.165) is 25.7 Å². The number of ether oxygens (including phenoxy) is 1. The Kier molecular flexibility index (Phi) is 4.17. The molecule has 1 heterocycles. The Balaban J connectivity index is 1.64. The molecule has 0 bridgehead atoms. The Morgan fingerprint density at radius 3 is 2.45 bits per heavy atom. The number of aliphatic hydroxyl groups is 1. The third-order valence-electron chi connectivity index (χ3n) is 6.17. The Labute approximate surface area is 132 Å². The largest absolute Gasteiger partial charge is 0.392 e. The van der Waals surface area contributed by atoms with E-state index in [1.165, 1.54) is 0 Å². The molecule has 1 amide bonds. The molecule has 22 heavy (non-hydrogen) atoms. The Hall–Kier alpha value is -1.12. The van der Waals surface area contributed by atoms with Crippen LogP contribution in [0.1, 0.15) is 51.9 Å². The number of nitriles is 1. The van der Waals surface area contributed by atoms with Gasteiger partial charge in [-0.2, -0.15) is 5.26 Å². The predicted octanol–water partition coefficient (Wildman–Crippen LogP) is 1.85. The van der Waals surface area contributed by atoms with Crippen LogP contribution in [-0.4, -0.2) is 47.8 Å². The molecule has 5 heteroatoms. The first kappa shape index (κ1) is 15.8. The highest BCUT2D eigenvalue weighted by molar-refractivity contribution is 5.86. The van der Waals surface area contributed by atoms with Crippen molar-refractivity contribution in [2.75, 3.05) is 19.7 Å². The molecule has 1 N–H and O–H groups in total. The molecule has 5 nitrogen and oxygen atoms in total. The molecular formula is C17H26N2O3. The monoisotopic (exact) mass is 306 g/mol. The van der Waals surface area contributed by atoms with Gasteiger partial charge in [-0.25, -0.2) is 0 Å². The molecule has 0 radical (unpaired) electrons. The van der Waals surface area contributed by atoms with E-state index < -0.39 is 5.41 Å². The second kappa shape index (κ2) is 5.82. The van der Waals surface area contributed by atoms with Crippen molar-refractivity contribution in [2.24, 2.45) is 10.8 Å². The maximum Gasteiger partial charge on any atom is 0.243 e. The molecule has 3 fully saturated rings. The van der Waals surface area contributed by atoms with Crippen molar-refractivity contribution in [3.63, 3.8) is 0 Å². The van der Waals surface area contributed by atoms with Crippen LogP contribution in [0, 0.1) is 22.2 Å². The number of nitrogens with zero attached hydrogens (tertiary/aromatic N) is 2. The third-order valence-corrected chi connectivity index (χ3v) is 6.17. The first-order chi connectivity index (χ1) is 10.6. The number of carbonyl (C=O) groups is 1. The van der Waals surface area contributed by atoms with Gasteiger partial charge in [-0.1, -0.05) is 12.8 Å². The van der Waals surface area contributed by atoms with Crippen LogP contribution in [0.4, 0.5) is 0 Å². The van der Waals surface area contributed by atoms with Crippen LogP contribution in [0.15, 0.2) is 0 Å². The van der Waals surface area contributed by atoms with Crippen LogP contribution in [0.2, 0.25) is 0 Å². The van der Waals surface area contributed by atoms with Crippen LogP contribution in [-0.2, 0) is 9.53 Å². The lowest BCUT2D eigenvalue weighted by Crippen LogP contribution is -2.63. The van der Waals surface area contributed by atoms with Crippen molar-refractivity contribution >= 4 is 5.91 Å². The number of hydrogen-bond acceptors (Lipinski definition) is 4. The van der Waals surface area contributed by atoms with Crippen LogP contribution in [0.3, 0.4) is 0 Å². The molecule has 3 rings (SSSR count). The summed E-state index contributed by atoms with van der Waals surface area (Å²) in [6, 6.07) is 2.30. The van der Waals surface area contributed by atoms with E-state index in [-0.39, 0.29) is 23.5 Å². The SMILES string of the molecule is CCO[C@@H]1C[C@H](O)C12CCN(C(=O)C1(C#N)CCCC1)CC2. The molecule has 2 atom stereocenters. The zero-order chi connectivity index (χ0) is 15.8. The number of hydrogen-bond donors (Lipinski definition) is 1. The third kappa shape index (κ3) is 2.24. The molecule has 1 spiro atoms. The fraction of sp³-hybridized carbons (Fsp3) is 0.882. The standard InChI is InChI=1S/C17H26N2O3/c1-2-22-14-11-13(20)17(14)7-9-19(10-8-17)15(21)16(12-18)5-3-4-6-16/h13-14,20H,2-11H2,1H3/t13-,14+/m0/s1. The maximum absolute atomic E-state index is 12.8. The second-order valence-electron chi connectivity index (χ2n) is 7.12. The fourth-order valence-electron chi connectivity index (χ4n) is 4.60. The number of amides is 1. The Morgan fingerprint density at radius 2 is 1.95 bits per heavy atom. The summed E-state index contributed by atoms with van der Waals surface area (Å²) in [4.78, 5) is 14.6. The van der Waals surface area contributed by atoms with Gasteiger partial charge in [0.25, 0.3) is 0 Å². The molecule has 2 aliphatic carbocycles. The fourth-order valence-corrected chi connectivity index (χ4v) is 4.60.